The van der Waals surface area contributed by atoms with Gasteiger partial charge in [0.05, 0.1) is 12.6 Å². The lowest BCUT2D eigenvalue weighted by Gasteiger charge is -2.33. The first-order valence-electron chi connectivity index (χ1n) is 8.79. The first-order valence-corrected chi connectivity index (χ1v) is 8.79. The number of rotatable bonds is 5. The third kappa shape index (κ3) is 4.36. The van der Waals surface area contributed by atoms with E-state index in [1.54, 1.807) is 4.90 Å². The Morgan fingerprint density at radius 1 is 1.36 bits per heavy atom. The average molecular weight is 343 g/mol. The summed E-state index contributed by atoms with van der Waals surface area (Å²) in [6.07, 6.45) is 1.54. The third-order valence-corrected chi connectivity index (χ3v) is 4.43. The van der Waals surface area contributed by atoms with E-state index in [1.165, 1.54) is 0 Å². The molecule has 0 aliphatic carbocycles. The number of aromatic nitrogens is 3. The molecule has 3 rings (SSSR count). The number of nitrogens with zero attached hydrogens (tertiary/aromatic N) is 3. The molecule has 1 aromatic heterocycles. The Morgan fingerprint density at radius 2 is 2.08 bits per heavy atom. The highest BCUT2D eigenvalue weighted by molar-refractivity contribution is 5.67. The fraction of sp³-hybridized carbons (Fsp3) is 0.500. The van der Waals surface area contributed by atoms with Crippen LogP contribution in [-0.2, 0) is 4.74 Å². The van der Waals surface area contributed by atoms with Gasteiger partial charge >= 0.3 is 6.09 Å². The summed E-state index contributed by atoms with van der Waals surface area (Å²) in [6, 6.07) is 10.4. The number of amides is 1. The molecule has 7 heteroatoms. The highest BCUT2D eigenvalue weighted by atomic mass is 16.6. The third-order valence-electron chi connectivity index (χ3n) is 4.43. The maximum Gasteiger partial charge on any atom is 0.409 e. The second-order valence-corrected chi connectivity index (χ2v) is 6.25. The molecule has 1 unspecified atom stereocenters. The van der Waals surface area contributed by atoms with Crippen molar-refractivity contribution in [2.45, 2.75) is 38.8 Å². The maximum absolute atomic E-state index is 11.8. The fourth-order valence-electron chi connectivity index (χ4n) is 3.13. The molecule has 1 aliphatic heterocycles. The van der Waals surface area contributed by atoms with Gasteiger partial charge in [0.25, 0.3) is 0 Å². The number of piperidine rings is 1. The molecule has 1 atom stereocenters. The number of hydrogen-bond donors (Lipinski definition) is 2. The van der Waals surface area contributed by atoms with E-state index < -0.39 is 0 Å². The monoisotopic (exact) mass is 343 g/mol. The molecule has 2 heterocycles. The average Bonchev–Trinajstić information content (AvgIpc) is 3.07. The first kappa shape index (κ1) is 17.4. The number of nitrogens with one attached hydrogen (secondary N) is 2. The highest BCUT2D eigenvalue weighted by Gasteiger charge is 2.27. The van der Waals surface area contributed by atoms with Crippen LogP contribution in [0.2, 0.25) is 0 Å². The lowest BCUT2D eigenvalue weighted by molar-refractivity contribution is 0.0944. The number of benzene rings is 1. The standard InChI is InChI=1S/C18H25N5O2/c1-3-25-18(24)23-11-9-15(10-12-23)20-16(14-7-5-4-6-8-14)17-19-13(2)21-22-17/h4-8,15-16,20H,3,9-12H2,1-2H3,(H,19,21,22). The van der Waals surface area contributed by atoms with Crippen molar-refractivity contribution < 1.29 is 9.53 Å². The van der Waals surface area contributed by atoms with Gasteiger partial charge < -0.3 is 15.0 Å². The Bertz CT molecular complexity index is 680. The predicted octanol–water partition coefficient (Wildman–Crippen LogP) is 2.41. The quantitative estimate of drug-likeness (QED) is 0.871. The van der Waals surface area contributed by atoms with Gasteiger partial charge in [-0.2, -0.15) is 5.10 Å². The van der Waals surface area contributed by atoms with Crippen LogP contribution in [-0.4, -0.2) is 51.9 Å². The highest BCUT2D eigenvalue weighted by Crippen LogP contribution is 2.22. The number of carbonyl (C=O) groups excluding carboxylic acids is 1. The van der Waals surface area contributed by atoms with E-state index in [2.05, 4.69) is 32.6 Å². The largest absolute Gasteiger partial charge is 0.450 e. The molecule has 134 valence electrons. The molecule has 1 fully saturated rings. The molecule has 25 heavy (non-hydrogen) atoms. The summed E-state index contributed by atoms with van der Waals surface area (Å²) in [4.78, 5) is 18.1. The second-order valence-electron chi connectivity index (χ2n) is 6.25. The summed E-state index contributed by atoms with van der Waals surface area (Å²) in [5, 5.41) is 10.9. The van der Waals surface area contributed by atoms with Gasteiger partial charge in [-0.05, 0) is 32.3 Å². The van der Waals surface area contributed by atoms with Crippen molar-refractivity contribution in [2.24, 2.45) is 0 Å². The Kier molecular flexibility index (Phi) is 5.65. The van der Waals surface area contributed by atoms with Crippen LogP contribution in [0.4, 0.5) is 4.79 Å². The summed E-state index contributed by atoms with van der Waals surface area (Å²) >= 11 is 0. The normalized spacial score (nSPS) is 16.6. The molecule has 2 aromatic rings. The number of carbonyl (C=O) groups is 1. The predicted molar refractivity (Wildman–Crippen MR) is 94.2 cm³/mol. The van der Waals surface area contributed by atoms with Crippen LogP contribution >= 0.6 is 0 Å². The zero-order chi connectivity index (χ0) is 17.6. The minimum absolute atomic E-state index is 0.0645. The van der Waals surface area contributed by atoms with E-state index in [9.17, 15) is 4.79 Å². The fourth-order valence-corrected chi connectivity index (χ4v) is 3.13. The number of H-pyrrole nitrogens is 1. The Hall–Kier alpha value is -2.41. The van der Waals surface area contributed by atoms with Crippen LogP contribution in [0.1, 0.15) is 43.0 Å². The van der Waals surface area contributed by atoms with Gasteiger partial charge in [-0.3, -0.25) is 5.10 Å². The van der Waals surface area contributed by atoms with Crippen molar-refractivity contribution in [1.29, 1.82) is 0 Å². The van der Waals surface area contributed by atoms with E-state index in [0.29, 0.717) is 25.7 Å². The molecule has 0 saturated carbocycles. The molecule has 7 nitrogen and oxygen atoms in total. The van der Waals surface area contributed by atoms with Crippen molar-refractivity contribution in [3.8, 4) is 0 Å². The van der Waals surface area contributed by atoms with Crippen LogP contribution in [0.25, 0.3) is 0 Å². The molecule has 0 radical (unpaired) electrons. The zero-order valence-electron chi connectivity index (χ0n) is 14.7. The van der Waals surface area contributed by atoms with Crippen molar-refractivity contribution in [3.63, 3.8) is 0 Å². The first-order chi connectivity index (χ1) is 12.2. The summed E-state index contributed by atoms with van der Waals surface area (Å²) in [5.41, 5.74) is 1.13. The topological polar surface area (TPSA) is 83.1 Å². The molecule has 1 amide bonds. The summed E-state index contributed by atoms with van der Waals surface area (Å²) in [5.74, 6) is 1.55. The van der Waals surface area contributed by atoms with E-state index >= 15 is 0 Å². The molecule has 1 aliphatic rings. The SMILES string of the molecule is CCOC(=O)N1CCC(NC(c2ccccc2)c2n[nH]c(C)n2)CC1. The number of likely N-dealkylation sites (tertiary alicyclic amines) is 1. The maximum atomic E-state index is 11.8. The van der Waals surface area contributed by atoms with E-state index in [1.807, 2.05) is 32.0 Å². The van der Waals surface area contributed by atoms with Crippen LogP contribution in [0.5, 0.6) is 0 Å². The van der Waals surface area contributed by atoms with Crippen molar-refractivity contribution in [3.05, 3.63) is 47.5 Å². The summed E-state index contributed by atoms with van der Waals surface area (Å²) in [6.45, 7) is 5.54. The van der Waals surface area contributed by atoms with Crippen molar-refractivity contribution >= 4 is 6.09 Å². The van der Waals surface area contributed by atoms with Crippen LogP contribution in [0.3, 0.4) is 0 Å². The number of aromatic amines is 1. The van der Waals surface area contributed by atoms with E-state index in [4.69, 9.17) is 4.74 Å². The van der Waals surface area contributed by atoms with Crippen molar-refractivity contribution in [1.82, 2.24) is 25.4 Å². The molecule has 1 aromatic carbocycles. The van der Waals surface area contributed by atoms with Gasteiger partial charge in [0.15, 0.2) is 5.82 Å². The minimum Gasteiger partial charge on any atom is -0.450 e. The molecule has 0 bridgehead atoms. The van der Waals surface area contributed by atoms with Gasteiger partial charge in [-0.1, -0.05) is 30.3 Å². The minimum atomic E-state index is -0.217. The second kappa shape index (κ2) is 8.11. The lowest BCUT2D eigenvalue weighted by atomic mass is 10.0. The molecule has 0 spiro atoms. The van der Waals surface area contributed by atoms with Gasteiger partial charge in [0.1, 0.15) is 5.82 Å². The zero-order valence-corrected chi connectivity index (χ0v) is 14.7. The molecular weight excluding hydrogens is 318 g/mol. The molecule has 2 N–H and O–H groups in total. The van der Waals surface area contributed by atoms with Crippen LogP contribution < -0.4 is 5.32 Å². The van der Waals surface area contributed by atoms with Gasteiger partial charge in [-0.15, -0.1) is 0 Å². The smallest absolute Gasteiger partial charge is 0.409 e. The number of hydrogen-bond acceptors (Lipinski definition) is 5. The van der Waals surface area contributed by atoms with Gasteiger partial charge in [0, 0.05) is 19.1 Å². The summed E-state index contributed by atoms with van der Waals surface area (Å²) in [7, 11) is 0. The Labute approximate surface area is 147 Å². The molecule has 1 saturated heterocycles. The number of aryl methyl sites for hydroxylation is 1. The summed E-state index contributed by atoms with van der Waals surface area (Å²) < 4.78 is 5.08. The number of ether oxygens (including phenoxy) is 1. The molecular formula is C18H25N5O2. The van der Waals surface area contributed by atoms with Crippen LogP contribution in [0, 0.1) is 6.92 Å². The Balaban J connectivity index is 1.67. The van der Waals surface area contributed by atoms with Crippen LogP contribution in [0.15, 0.2) is 30.3 Å². The van der Waals surface area contributed by atoms with Crippen molar-refractivity contribution in [2.75, 3.05) is 19.7 Å². The Morgan fingerprint density at radius 3 is 2.68 bits per heavy atom. The lowest BCUT2D eigenvalue weighted by Crippen LogP contribution is -2.46. The van der Waals surface area contributed by atoms with E-state index in [0.717, 1.165) is 30.1 Å². The van der Waals surface area contributed by atoms with Gasteiger partial charge in [0.2, 0.25) is 0 Å². The van der Waals surface area contributed by atoms with E-state index in [-0.39, 0.29) is 12.1 Å². The van der Waals surface area contributed by atoms with Gasteiger partial charge in [-0.25, -0.2) is 9.78 Å².